The van der Waals surface area contributed by atoms with E-state index in [0.29, 0.717) is 13.0 Å². The van der Waals surface area contributed by atoms with Gasteiger partial charge in [0, 0.05) is 6.54 Å². The van der Waals surface area contributed by atoms with Crippen molar-refractivity contribution in [2.75, 3.05) is 6.54 Å². The predicted octanol–water partition coefficient (Wildman–Crippen LogP) is 0.606. The molecule has 2 unspecified atom stereocenters. The topological polar surface area (TPSA) is 85.0 Å². The molecule has 0 spiro atoms. The average molecular weight is 227 g/mol. The molecular formula is C9H13N3O2S. The van der Waals surface area contributed by atoms with E-state index in [1.54, 1.807) is 6.07 Å². The third-order valence-corrected chi connectivity index (χ3v) is 4.65. The van der Waals surface area contributed by atoms with Crippen LogP contribution in [-0.4, -0.2) is 30.6 Å². The predicted molar refractivity (Wildman–Crippen MR) is 54.0 cm³/mol. The zero-order chi connectivity index (χ0) is 11.5. The van der Waals surface area contributed by atoms with E-state index in [9.17, 15) is 8.42 Å². The molecule has 0 aromatic heterocycles. The summed E-state index contributed by atoms with van der Waals surface area (Å²) < 4.78 is 24.8. The molecule has 0 aromatic rings. The molecule has 0 amide bonds. The highest BCUT2D eigenvalue weighted by Crippen LogP contribution is 2.22. The molecule has 2 atom stereocenters. The van der Waals surface area contributed by atoms with Gasteiger partial charge in [-0.05, 0) is 26.2 Å². The molecule has 1 heterocycles. The maximum atomic E-state index is 11.8. The molecule has 82 valence electrons. The van der Waals surface area contributed by atoms with E-state index in [1.165, 1.54) is 11.2 Å². The van der Waals surface area contributed by atoms with Gasteiger partial charge in [-0.3, -0.25) is 0 Å². The highest BCUT2D eigenvalue weighted by molar-refractivity contribution is 7.90. The van der Waals surface area contributed by atoms with Crippen LogP contribution in [0.15, 0.2) is 0 Å². The Morgan fingerprint density at radius 3 is 2.60 bits per heavy atom. The largest absolute Gasteiger partial charge is 0.231 e. The first-order valence-electron chi connectivity index (χ1n) is 4.84. The van der Waals surface area contributed by atoms with Gasteiger partial charge in [0.05, 0.1) is 12.1 Å². The van der Waals surface area contributed by atoms with Gasteiger partial charge in [0.25, 0.3) is 0 Å². The van der Waals surface area contributed by atoms with Crippen molar-refractivity contribution in [1.82, 2.24) is 4.31 Å². The van der Waals surface area contributed by atoms with Crippen LogP contribution in [0.3, 0.4) is 0 Å². The molecule has 0 radical (unpaired) electrons. The van der Waals surface area contributed by atoms with Gasteiger partial charge in [-0.1, -0.05) is 0 Å². The van der Waals surface area contributed by atoms with Crippen molar-refractivity contribution in [3.63, 3.8) is 0 Å². The van der Waals surface area contributed by atoms with E-state index < -0.39 is 21.3 Å². The van der Waals surface area contributed by atoms with Gasteiger partial charge in [0.2, 0.25) is 10.0 Å². The second-order valence-corrected chi connectivity index (χ2v) is 5.77. The van der Waals surface area contributed by atoms with Crippen molar-refractivity contribution < 1.29 is 8.42 Å². The van der Waals surface area contributed by atoms with Crippen LogP contribution >= 0.6 is 0 Å². The van der Waals surface area contributed by atoms with Crippen LogP contribution in [0.1, 0.15) is 26.2 Å². The lowest BCUT2D eigenvalue weighted by atomic mass is 10.1. The zero-order valence-electron chi connectivity index (χ0n) is 8.55. The summed E-state index contributed by atoms with van der Waals surface area (Å²) >= 11 is 0. The fraction of sp³-hybridized carbons (Fsp3) is 0.778. The maximum Gasteiger partial charge on any atom is 0.231 e. The lowest BCUT2D eigenvalue weighted by Crippen LogP contribution is -2.46. The zero-order valence-corrected chi connectivity index (χ0v) is 9.37. The van der Waals surface area contributed by atoms with E-state index in [0.717, 1.165) is 12.8 Å². The van der Waals surface area contributed by atoms with Crippen LogP contribution in [0.2, 0.25) is 0 Å². The van der Waals surface area contributed by atoms with E-state index in [1.807, 2.05) is 6.07 Å². The highest BCUT2D eigenvalue weighted by Gasteiger charge is 2.35. The smallest absolute Gasteiger partial charge is 0.211 e. The molecule has 0 saturated carbocycles. The van der Waals surface area contributed by atoms with Crippen LogP contribution in [0, 0.1) is 22.7 Å². The number of nitriles is 2. The molecule has 6 heteroatoms. The van der Waals surface area contributed by atoms with Crippen molar-refractivity contribution in [3.05, 3.63) is 0 Å². The molecule has 0 aliphatic carbocycles. The Bertz CT molecular complexity index is 404. The van der Waals surface area contributed by atoms with Crippen LogP contribution < -0.4 is 0 Å². The summed E-state index contributed by atoms with van der Waals surface area (Å²) in [5.74, 6) is 0. The molecule has 5 nitrogen and oxygen atoms in total. The second-order valence-electron chi connectivity index (χ2n) is 3.57. The Morgan fingerprint density at radius 1 is 1.40 bits per heavy atom. The standard InChI is InChI=1S/C9H13N3O2S/c1-8(6-10)15(13,14)12-5-3-2-4-9(12)7-11/h8-9H,2-5H2,1H3. The maximum absolute atomic E-state index is 11.8. The Morgan fingerprint density at radius 2 is 2.07 bits per heavy atom. The summed E-state index contributed by atoms with van der Waals surface area (Å²) in [5.41, 5.74) is 0. The summed E-state index contributed by atoms with van der Waals surface area (Å²) in [6, 6.07) is 3.09. The minimum Gasteiger partial charge on any atom is -0.211 e. The van der Waals surface area contributed by atoms with Crippen LogP contribution in [0.5, 0.6) is 0 Å². The Balaban J connectivity index is 2.96. The van der Waals surface area contributed by atoms with Crippen molar-refractivity contribution in [3.8, 4) is 12.1 Å². The Kier molecular flexibility index (Phi) is 3.67. The molecule has 15 heavy (non-hydrogen) atoms. The van der Waals surface area contributed by atoms with E-state index >= 15 is 0 Å². The van der Waals surface area contributed by atoms with Gasteiger partial charge in [0.1, 0.15) is 6.04 Å². The van der Waals surface area contributed by atoms with Crippen molar-refractivity contribution in [1.29, 1.82) is 10.5 Å². The molecule has 1 rings (SSSR count). The summed E-state index contributed by atoms with van der Waals surface area (Å²) in [4.78, 5) is 0. The van der Waals surface area contributed by atoms with Gasteiger partial charge < -0.3 is 0 Å². The number of nitrogens with zero attached hydrogens (tertiary/aromatic N) is 3. The van der Waals surface area contributed by atoms with E-state index in [-0.39, 0.29) is 0 Å². The van der Waals surface area contributed by atoms with Crippen molar-refractivity contribution in [2.24, 2.45) is 0 Å². The lowest BCUT2D eigenvalue weighted by molar-refractivity contribution is 0.296. The number of hydrogen-bond acceptors (Lipinski definition) is 4. The molecule has 0 N–H and O–H groups in total. The number of piperidine rings is 1. The Hall–Kier alpha value is -1.11. The molecule has 0 bridgehead atoms. The quantitative estimate of drug-likeness (QED) is 0.691. The molecule has 0 aromatic carbocycles. The normalized spacial score (nSPS) is 25.1. The first-order valence-corrected chi connectivity index (χ1v) is 6.34. The van der Waals surface area contributed by atoms with Crippen molar-refractivity contribution in [2.45, 2.75) is 37.5 Å². The van der Waals surface area contributed by atoms with Crippen LogP contribution in [-0.2, 0) is 10.0 Å². The average Bonchev–Trinajstić information content (AvgIpc) is 2.27. The SMILES string of the molecule is CC(C#N)S(=O)(=O)N1CCCCC1C#N. The van der Waals surface area contributed by atoms with Gasteiger partial charge in [-0.25, -0.2) is 8.42 Å². The van der Waals surface area contributed by atoms with E-state index in [2.05, 4.69) is 0 Å². The lowest BCUT2D eigenvalue weighted by Gasteiger charge is -2.30. The molecule has 1 saturated heterocycles. The van der Waals surface area contributed by atoms with Gasteiger partial charge in [-0.2, -0.15) is 14.8 Å². The summed E-state index contributed by atoms with van der Waals surface area (Å²) in [6.07, 6.45) is 2.19. The molecule has 1 aliphatic rings. The Labute approximate surface area is 90.0 Å². The fourth-order valence-electron chi connectivity index (χ4n) is 1.61. The monoisotopic (exact) mass is 227 g/mol. The third kappa shape index (κ3) is 2.28. The summed E-state index contributed by atoms with van der Waals surface area (Å²) in [7, 11) is -3.62. The third-order valence-electron chi connectivity index (χ3n) is 2.56. The number of hydrogen-bond donors (Lipinski definition) is 0. The molecule has 1 aliphatic heterocycles. The fourth-order valence-corrected chi connectivity index (χ4v) is 3.04. The van der Waals surface area contributed by atoms with Crippen LogP contribution in [0.4, 0.5) is 0 Å². The number of rotatable bonds is 2. The summed E-state index contributed by atoms with van der Waals surface area (Å²) in [5, 5.41) is 16.4. The summed E-state index contributed by atoms with van der Waals surface area (Å²) in [6.45, 7) is 1.70. The minimum absolute atomic E-state index is 0.354. The first-order chi connectivity index (χ1) is 7.04. The highest BCUT2D eigenvalue weighted by atomic mass is 32.2. The second kappa shape index (κ2) is 4.61. The van der Waals surface area contributed by atoms with E-state index in [4.69, 9.17) is 10.5 Å². The number of sulfonamides is 1. The molecular weight excluding hydrogens is 214 g/mol. The van der Waals surface area contributed by atoms with Crippen LogP contribution in [0.25, 0.3) is 0 Å². The van der Waals surface area contributed by atoms with Gasteiger partial charge >= 0.3 is 0 Å². The minimum atomic E-state index is -3.62. The first kappa shape index (κ1) is 12.0. The van der Waals surface area contributed by atoms with Gasteiger partial charge in [-0.15, -0.1) is 0 Å². The molecule has 1 fully saturated rings. The van der Waals surface area contributed by atoms with Gasteiger partial charge in [0.15, 0.2) is 5.25 Å². The van der Waals surface area contributed by atoms with Crippen molar-refractivity contribution >= 4 is 10.0 Å².